The van der Waals surface area contributed by atoms with Crippen LogP contribution in [-0.2, 0) is 5.41 Å². The number of fused-ring (bicyclic) bond motifs is 2. The molecule has 2 saturated carbocycles. The van der Waals surface area contributed by atoms with Gasteiger partial charge in [-0.15, -0.1) is 0 Å². The van der Waals surface area contributed by atoms with Gasteiger partial charge in [0.15, 0.2) is 0 Å². The lowest BCUT2D eigenvalue weighted by Gasteiger charge is -2.53. The molecule has 0 radical (unpaired) electrons. The Balaban J connectivity index is 2.01. The van der Waals surface area contributed by atoms with Crippen molar-refractivity contribution in [3.8, 4) is 5.75 Å². The molecule has 0 heterocycles. The normalized spacial score (nSPS) is 34.2. The van der Waals surface area contributed by atoms with Crippen molar-refractivity contribution in [1.29, 1.82) is 0 Å². The van der Waals surface area contributed by atoms with Crippen molar-refractivity contribution in [1.82, 2.24) is 0 Å². The van der Waals surface area contributed by atoms with Gasteiger partial charge >= 0.3 is 0 Å². The van der Waals surface area contributed by atoms with Gasteiger partial charge < -0.3 is 5.11 Å². The van der Waals surface area contributed by atoms with Crippen LogP contribution in [0.1, 0.15) is 63.9 Å². The van der Waals surface area contributed by atoms with E-state index in [9.17, 15) is 5.11 Å². The molecule has 2 fully saturated rings. The standard InChI is InChI=1S/C18H26O/c1-2-6-17-14-7-4-11-18(17,12-5-8-14)15-9-3-10-16(19)13-15/h3,9-10,13-14,17,19H,2,4-8,11-12H2,1H3/t14?,17-,18?/m0/s1. The van der Waals surface area contributed by atoms with E-state index in [1.165, 1.54) is 56.9 Å². The van der Waals surface area contributed by atoms with Crippen molar-refractivity contribution in [3.63, 3.8) is 0 Å². The van der Waals surface area contributed by atoms with Crippen molar-refractivity contribution in [2.24, 2.45) is 11.8 Å². The Morgan fingerprint density at radius 3 is 2.58 bits per heavy atom. The summed E-state index contributed by atoms with van der Waals surface area (Å²) in [6, 6.07) is 8.13. The highest BCUT2D eigenvalue weighted by Gasteiger charge is 2.48. The van der Waals surface area contributed by atoms with E-state index in [0.29, 0.717) is 11.2 Å². The largest absolute Gasteiger partial charge is 0.508 e. The fourth-order valence-electron chi connectivity index (χ4n) is 4.99. The molecule has 0 saturated heterocycles. The van der Waals surface area contributed by atoms with Gasteiger partial charge in [0.25, 0.3) is 0 Å². The molecule has 0 aliphatic heterocycles. The summed E-state index contributed by atoms with van der Waals surface area (Å²) in [6.45, 7) is 2.32. The van der Waals surface area contributed by atoms with E-state index in [-0.39, 0.29) is 0 Å². The van der Waals surface area contributed by atoms with Crippen LogP contribution < -0.4 is 0 Å². The summed E-state index contributed by atoms with van der Waals surface area (Å²) in [5, 5.41) is 9.85. The Morgan fingerprint density at radius 1 is 1.21 bits per heavy atom. The van der Waals surface area contributed by atoms with E-state index in [1.807, 2.05) is 12.1 Å². The molecule has 1 aromatic rings. The van der Waals surface area contributed by atoms with Crippen molar-refractivity contribution in [2.45, 2.75) is 63.7 Å². The summed E-state index contributed by atoms with van der Waals surface area (Å²) in [7, 11) is 0. The topological polar surface area (TPSA) is 20.2 Å². The SMILES string of the molecule is CCC[C@H]1C2CCCC1(c1cccc(O)c1)CCC2. The number of hydrogen-bond acceptors (Lipinski definition) is 1. The van der Waals surface area contributed by atoms with Gasteiger partial charge in [0.05, 0.1) is 0 Å². The molecule has 0 aromatic heterocycles. The average molecular weight is 258 g/mol. The van der Waals surface area contributed by atoms with Crippen molar-refractivity contribution in [2.75, 3.05) is 0 Å². The molecule has 0 unspecified atom stereocenters. The second-order valence-electron chi connectivity index (χ2n) is 6.65. The average Bonchev–Trinajstić information content (AvgIpc) is 2.39. The summed E-state index contributed by atoms with van der Waals surface area (Å²) in [5.41, 5.74) is 1.78. The third-order valence-corrected chi connectivity index (χ3v) is 5.70. The maximum atomic E-state index is 9.85. The minimum atomic E-state index is 0.371. The third-order valence-electron chi connectivity index (χ3n) is 5.70. The molecule has 104 valence electrons. The van der Waals surface area contributed by atoms with Gasteiger partial charge in [-0.3, -0.25) is 0 Å². The smallest absolute Gasteiger partial charge is 0.115 e. The molecule has 0 spiro atoms. The fraction of sp³-hybridized carbons (Fsp3) is 0.667. The number of phenolic OH excluding ortho intramolecular Hbond substituents is 1. The first-order chi connectivity index (χ1) is 9.26. The van der Waals surface area contributed by atoms with Crippen LogP contribution in [0.3, 0.4) is 0 Å². The molecular formula is C18H26O. The molecular weight excluding hydrogens is 232 g/mol. The van der Waals surface area contributed by atoms with E-state index in [0.717, 1.165) is 11.8 Å². The maximum Gasteiger partial charge on any atom is 0.115 e. The van der Waals surface area contributed by atoms with Crippen LogP contribution in [-0.4, -0.2) is 5.11 Å². The summed E-state index contributed by atoms with van der Waals surface area (Å²) in [4.78, 5) is 0. The second-order valence-corrected chi connectivity index (χ2v) is 6.65. The maximum absolute atomic E-state index is 9.85. The van der Waals surface area contributed by atoms with E-state index in [4.69, 9.17) is 0 Å². The zero-order valence-electron chi connectivity index (χ0n) is 12.1. The quantitative estimate of drug-likeness (QED) is 0.806. The molecule has 2 aliphatic carbocycles. The first-order valence-electron chi connectivity index (χ1n) is 8.06. The van der Waals surface area contributed by atoms with Gasteiger partial charge in [-0.25, -0.2) is 0 Å². The fourth-order valence-corrected chi connectivity index (χ4v) is 4.99. The Morgan fingerprint density at radius 2 is 1.95 bits per heavy atom. The monoisotopic (exact) mass is 258 g/mol. The molecule has 1 heteroatoms. The molecule has 2 bridgehead atoms. The van der Waals surface area contributed by atoms with Crippen LogP contribution in [0.2, 0.25) is 0 Å². The number of rotatable bonds is 3. The summed E-state index contributed by atoms with van der Waals surface area (Å²) < 4.78 is 0. The van der Waals surface area contributed by atoms with Crippen molar-refractivity contribution >= 4 is 0 Å². The van der Waals surface area contributed by atoms with Gasteiger partial charge in [0.2, 0.25) is 0 Å². The first-order valence-corrected chi connectivity index (χ1v) is 8.06. The lowest BCUT2D eigenvalue weighted by molar-refractivity contribution is 0.0495. The highest BCUT2D eigenvalue weighted by molar-refractivity contribution is 5.35. The van der Waals surface area contributed by atoms with Gasteiger partial charge in [0.1, 0.15) is 5.75 Å². The lowest BCUT2D eigenvalue weighted by atomic mass is 9.52. The summed E-state index contributed by atoms with van der Waals surface area (Å²) >= 11 is 0. The van der Waals surface area contributed by atoms with Crippen molar-refractivity contribution < 1.29 is 5.11 Å². The molecule has 1 N–H and O–H groups in total. The van der Waals surface area contributed by atoms with Gasteiger partial charge in [-0.1, -0.05) is 51.2 Å². The zero-order chi connectivity index (χ0) is 13.3. The highest BCUT2D eigenvalue weighted by Crippen LogP contribution is 2.56. The van der Waals surface area contributed by atoms with Gasteiger partial charge in [-0.05, 0) is 54.2 Å². The van der Waals surface area contributed by atoms with Crippen LogP contribution in [0.25, 0.3) is 0 Å². The van der Waals surface area contributed by atoms with E-state index < -0.39 is 0 Å². The summed E-state index contributed by atoms with van der Waals surface area (Å²) in [5.74, 6) is 2.22. The third kappa shape index (κ3) is 2.17. The van der Waals surface area contributed by atoms with Crippen LogP contribution in [0.15, 0.2) is 24.3 Å². The zero-order valence-corrected chi connectivity index (χ0v) is 12.1. The molecule has 3 rings (SSSR count). The number of phenols is 1. The molecule has 19 heavy (non-hydrogen) atoms. The van der Waals surface area contributed by atoms with E-state index in [2.05, 4.69) is 13.0 Å². The number of hydrogen-bond donors (Lipinski definition) is 1. The van der Waals surface area contributed by atoms with Crippen LogP contribution in [0.4, 0.5) is 0 Å². The summed E-state index contributed by atoms with van der Waals surface area (Å²) in [6.07, 6.45) is 10.9. The minimum Gasteiger partial charge on any atom is -0.508 e. The number of benzene rings is 1. The predicted molar refractivity (Wildman–Crippen MR) is 79.4 cm³/mol. The lowest BCUT2D eigenvalue weighted by Crippen LogP contribution is -2.46. The molecule has 1 atom stereocenters. The Labute approximate surface area is 117 Å². The molecule has 2 aliphatic rings. The molecule has 0 amide bonds. The van der Waals surface area contributed by atoms with Gasteiger partial charge in [-0.2, -0.15) is 0 Å². The second kappa shape index (κ2) is 5.19. The van der Waals surface area contributed by atoms with Crippen LogP contribution >= 0.6 is 0 Å². The predicted octanol–water partition coefficient (Wildman–Crippen LogP) is 5.03. The van der Waals surface area contributed by atoms with E-state index >= 15 is 0 Å². The Bertz CT molecular complexity index is 427. The van der Waals surface area contributed by atoms with Crippen molar-refractivity contribution in [3.05, 3.63) is 29.8 Å². The first kappa shape index (κ1) is 13.0. The number of aromatic hydroxyl groups is 1. The van der Waals surface area contributed by atoms with E-state index in [1.54, 1.807) is 6.07 Å². The molecule has 1 nitrogen and oxygen atoms in total. The minimum absolute atomic E-state index is 0.371. The van der Waals surface area contributed by atoms with Gasteiger partial charge in [0, 0.05) is 0 Å². The van der Waals surface area contributed by atoms with Crippen LogP contribution in [0, 0.1) is 11.8 Å². The highest BCUT2D eigenvalue weighted by atomic mass is 16.3. The molecule has 1 aromatic carbocycles. The van der Waals surface area contributed by atoms with Crippen LogP contribution in [0.5, 0.6) is 5.75 Å². The Kier molecular flexibility index (Phi) is 3.56. The Hall–Kier alpha value is -0.980.